The Hall–Kier alpha value is -1.39. The number of nitrogens with zero attached hydrogens (tertiary/aromatic N) is 1. The van der Waals surface area contributed by atoms with E-state index in [4.69, 9.17) is 4.74 Å². The maximum absolute atomic E-state index is 9.63. The first-order valence-electron chi connectivity index (χ1n) is 5.22. The Morgan fingerprint density at radius 3 is 2.76 bits per heavy atom. The number of hydrogen-bond donors (Lipinski definition) is 1. The van der Waals surface area contributed by atoms with Gasteiger partial charge in [-0.3, -0.25) is 4.98 Å². The van der Waals surface area contributed by atoms with Crippen molar-refractivity contribution in [3.8, 4) is 11.5 Å². The summed E-state index contributed by atoms with van der Waals surface area (Å²) in [6.07, 6.45) is 2.75. The summed E-state index contributed by atoms with van der Waals surface area (Å²) < 4.78 is 6.55. The molecule has 0 fully saturated rings. The minimum Gasteiger partial charge on any atom is -0.455 e. The molecule has 88 valence electrons. The van der Waals surface area contributed by atoms with Gasteiger partial charge in [0.15, 0.2) is 0 Å². The van der Waals surface area contributed by atoms with E-state index in [1.54, 1.807) is 19.3 Å². The van der Waals surface area contributed by atoms with Gasteiger partial charge in [-0.05, 0) is 35.0 Å². The van der Waals surface area contributed by atoms with E-state index in [1.165, 1.54) is 0 Å². The van der Waals surface area contributed by atoms with Gasteiger partial charge in [0.05, 0.1) is 12.3 Å². The molecule has 1 aromatic carbocycles. The number of halogens is 1. The average molecular weight is 294 g/mol. The van der Waals surface area contributed by atoms with E-state index in [2.05, 4.69) is 20.9 Å². The zero-order valence-corrected chi connectivity index (χ0v) is 10.9. The van der Waals surface area contributed by atoms with E-state index in [0.717, 1.165) is 10.0 Å². The molecule has 1 N–H and O–H groups in total. The van der Waals surface area contributed by atoms with Gasteiger partial charge in [0.2, 0.25) is 0 Å². The predicted octanol–water partition coefficient (Wildman–Crippen LogP) is 3.69. The molecule has 0 saturated heterocycles. The first-order valence-corrected chi connectivity index (χ1v) is 6.01. The molecule has 17 heavy (non-hydrogen) atoms. The molecular weight excluding hydrogens is 282 g/mol. The average Bonchev–Trinajstić information content (AvgIpc) is 2.29. The Morgan fingerprint density at radius 2 is 2.06 bits per heavy atom. The lowest BCUT2D eigenvalue weighted by Crippen LogP contribution is -1.95. The van der Waals surface area contributed by atoms with E-state index in [1.807, 2.05) is 30.3 Å². The van der Waals surface area contributed by atoms with Gasteiger partial charge in [-0.25, -0.2) is 0 Å². The molecule has 1 aromatic heterocycles. The lowest BCUT2D eigenvalue weighted by molar-refractivity contribution is 0.195. The number of benzene rings is 1. The van der Waals surface area contributed by atoms with Crippen LogP contribution in [0.1, 0.15) is 18.6 Å². The third-order valence-electron chi connectivity index (χ3n) is 2.28. The smallest absolute Gasteiger partial charge is 0.146 e. The molecule has 0 aliphatic heterocycles. The normalized spacial score (nSPS) is 12.2. The lowest BCUT2D eigenvalue weighted by atomic mass is 10.1. The van der Waals surface area contributed by atoms with Crippen molar-refractivity contribution in [3.05, 3.63) is 52.8 Å². The van der Waals surface area contributed by atoms with Crippen molar-refractivity contribution < 1.29 is 9.84 Å². The van der Waals surface area contributed by atoms with Gasteiger partial charge in [0, 0.05) is 16.2 Å². The van der Waals surface area contributed by atoms with Crippen LogP contribution in [-0.2, 0) is 0 Å². The number of aliphatic hydroxyl groups is 1. The Labute approximate surface area is 108 Å². The van der Waals surface area contributed by atoms with Crippen molar-refractivity contribution in [1.82, 2.24) is 4.98 Å². The molecule has 0 aliphatic rings. The number of ether oxygens (including phenoxy) is 1. The van der Waals surface area contributed by atoms with Crippen LogP contribution in [0.15, 0.2) is 47.2 Å². The molecule has 0 spiro atoms. The second-order valence-corrected chi connectivity index (χ2v) is 4.57. The summed E-state index contributed by atoms with van der Waals surface area (Å²) in [6.45, 7) is 1.71. The van der Waals surface area contributed by atoms with Gasteiger partial charge in [-0.2, -0.15) is 0 Å². The zero-order valence-electron chi connectivity index (χ0n) is 9.30. The van der Waals surface area contributed by atoms with Crippen molar-refractivity contribution in [1.29, 1.82) is 0 Å². The largest absolute Gasteiger partial charge is 0.455 e. The topological polar surface area (TPSA) is 42.4 Å². The number of hydrogen-bond acceptors (Lipinski definition) is 3. The fourth-order valence-corrected chi connectivity index (χ4v) is 1.84. The quantitative estimate of drug-likeness (QED) is 0.938. The standard InChI is InChI=1S/C13H12BrNO2/c1-9(16)12-4-2-3-5-13(12)17-11-6-10(14)7-15-8-11/h2-9,16H,1H3/t9-/m1/s1. The van der Waals surface area contributed by atoms with Crippen molar-refractivity contribution >= 4 is 15.9 Å². The van der Waals surface area contributed by atoms with Gasteiger partial charge < -0.3 is 9.84 Å². The van der Waals surface area contributed by atoms with Gasteiger partial charge in [-0.15, -0.1) is 0 Å². The molecule has 0 unspecified atom stereocenters. The minimum atomic E-state index is -0.564. The van der Waals surface area contributed by atoms with Gasteiger partial charge >= 0.3 is 0 Å². The van der Waals surface area contributed by atoms with Crippen LogP contribution in [0, 0.1) is 0 Å². The highest BCUT2D eigenvalue weighted by molar-refractivity contribution is 9.10. The molecule has 2 rings (SSSR count). The molecule has 1 atom stereocenters. The lowest BCUT2D eigenvalue weighted by Gasteiger charge is -2.12. The van der Waals surface area contributed by atoms with Gasteiger partial charge in [0.25, 0.3) is 0 Å². The van der Waals surface area contributed by atoms with Crippen LogP contribution in [-0.4, -0.2) is 10.1 Å². The van der Waals surface area contributed by atoms with Crippen LogP contribution in [0.3, 0.4) is 0 Å². The SMILES string of the molecule is C[C@@H](O)c1ccccc1Oc1cncc(Br)c1. The van der Waals surface area contributed by atoms with Crippen molar-refractivity contribution in [2.75, 3.05) is 0 Å². The number of aromatic nitrogens is 1. The first kappa shape index (κ1) is 12.1. The summed E-state index contributed by atoms with van der Waals surface area (Å²) in [5.41, 5.74) is 0.757. The molecule has 0 amide bonds. The fourth-order valence-electron chi connectivity index (χ4n) is 1.49. The summed E-state index contributed by atoms with van der Waals surface area (Å²) in [5.74, 6) is 1.27. The number of pyridine rings is 1. The van der Waals surface area contributed by atoms with E-state index in [-0.39, 0.29) is 0 Å². The zero-order chi connectivity index (χ0) is 12.3. The maximum atomic E-state index is 9.63. The van der Waals surface area contributed by atoms with Crippen LogP contribution in [0.25, 0.3) is 0 Å². The molecular formula is C13H12BrNO2. The second kappa shape index (κ2) is 5.29. The summed E-state index contributed by atoms with van der Waals surface area (Å²) in [4.78, 5) is 4.02. The Bertz CT molecular complexity index is 514. The molecule has 1 heterocycles. The molecule has 4 heteroatoms. The third kappa shape index (κ3) is 3.05. The van der Waals surface area contributed by atoms with Crippen LogP contribution >= 0.6 is 15.9 Å². The number of aliphatic hydroxyl groups excluding tert-OH is 1. The van der Waals surface area contributed by atoms with Crippen LogP contribution in [0.5, 0.6) is 11.5 Å². The molecule has 0 aliphatic carbocycles. The van der Waals surface area contributed by atoms with E-state index in [0.29, 0.717) is 11.5 Å². The van der Waals surface area contributed by atoms with Crippen LogP contribution < -0.4 is 4.74 Å². The van der Waals surface area contributed by atoms with E-state index < -0.39 is 6.10 Å². The number of rotatable bonds is 3. The summed E-state index contributed by atoms with van der Waals surface area (Å²) in [7, 11) is 0. The van der Waals surface area contributed by atoms with Gasteiger partial charge in [-0.1, -0.05) is 18.2 Å². The second-order valence-electron chi connectivity index (χ2n) is 3.65. The van der Waals surface area contributed by atoms with Gasteiger partial charge in [0.1, 0.15) is 11.5 Å². The minimum absolute atomic E-state index is 0.564. The molecule has 3 nitrogen and oxygen atoms in total. The maximum Gasteiger partial charge on any atom is 0.146 e. The number of para-hydroxylation sites is 1. The Balaban J connectivity index is 2.30. The summed E-state index contributed by atoms with van der Waals surface area (Å²) in [6, 6.07) is 9.22. The van der Waals surface area contributed by atoms with E-state index in [9.17, 15) is 5.11 Å². The highest BCUT2D eigenvalue weighted by atomic mass is 79.9. The fraction of sp³-hybridized carbons (Fsp3) is 0.154. The monoisotopic (exact) mass is 293 g/mol. The Morgan fingerprint density at radius 1 is 1.29 bits per heavy atom. The van der Waals surface area contributed by atoms with Crippen LogP contribution in [0.4, 0.5) is 0 Å². The summed E-state index contributed by atoms with van der Waals surface area (Å²) in [5, 5.41) is 9.63. The van der Waals surface area contributed by atoms with Crippen molar-refractivity contribution in [2.24, 2.45) is 0 Å². The highest BCUT2D eigenvalue weighted by Gasteiger charge is 2.09. The van der Waals surface area contributed by atoms with Crippen LogP contribution in [0.2, 0.25) is 0 Å². The molecule has 2 aromatic rings. The first-order chi connectivity index (χ1) is 8.16. The van der Waals surface area contributed by atoms with E-state index >= 15 is 0 Å². The molecule has 0 bridgehead atoms. The molecule has 0 saturated carbocycles. The molecule has 0 radical (unpaired) electrons. The predicted molar refractivity (Wildman–Crippen MR) is 69.1 cm³/mol. The van der Waals surface area contributed by atoms with Crippen molar-refractivity contribution in [3.63, 3.8) is 0 Å². The Kier molecular flexibility index (Phi) is 3.76. The summed E-state index contributed by atoms with van der Waals surface area (Å²) >= 11 is 3.33. The van der Waals surface area contributed by atoms with Crippen molar-refractivity contribution in [2.45, 2.75) is 13.0 Å². The highest BCUT2D eigenvalue weighted by Crippen LogP contribution is 2.29. The third-order valence-corrected chi connectivity index (χ3v) is 2.71.